The lowest BCUT2D eigenvalue weighted by atomic mass is 10.1. The summed E-state index contributed by atoms with van der Waals surface area (Å²) < 4.78 is 2.05. The van der Waals surface area contributed by atoms with Crippen molar-refractivity contribution in [2.75, 3.05) is 45.8 Å². The molecule has 0 aromatic carbocycles. The van der Waals surface area contributed by atoms with Gasteiger partial charge < -0.3 is 15.1 Å². The standard InChI is InChI=1S/C20H31N7.HI/c1-2-21-20(26-14-9-17(16-26)15-25-11-5-6-12-25)22-10-8-19-24-23-18-7-3-4-13-27(18)19;/h3-4,7,13,17H,2,5-6,8-12,14-16H2,1H3,(H,21,22);1H. The molecule has 0 amide bonds. The van der Waals surface area contributed by atoms with Crippen LogP contribution in [0.5, 0.6) is 0 Å². The van der Waals surface area contributed by atoms with Gasteiger partial charge in [-0.2, -0.15) is 0 Å². The number of nitrogens with zero attached hydrogens (tertiary/aromatic N) is 6. The predicted molar refractivity (Wildman–Crippen MR) is 123 cm³/mol. The molecule has 1 atom stereocenters. The van der Waals surface area contributed by atoms with E-state index in [0.717, 1.165) is 55.9 Å². The molecule has 0 saturated carbocycles. The van der Waals surface area contributed by atoms with E-state index < -0.39 is 0 Å². The first-order valence-electron chi connectivity index (χ1n) is 10.4. The molecule has 0 aliphatic carbocycles. The molecule has 0 bridgehead atoms. The van der Waals surface area contributed by atoms with Gasteiger partial charge in [-0.05, 0) is 57.3 Å². The maximum atomic E-state index is 4.88. The number of nitrogens with one attached hydrogen (secondary N) is 1. The Kier molecular flexibility index (Phi) is 7.90. The number of halogens is 1. The van der Waals surface area contributed by atoms with Crippen molar-refractivity contribution in [2.45, 2.75) is 32.6 Å². The highest BCUT2D eigenvalue weighted by Gasteiger charge is 2.27. The molecule has 4 heterocycles. The zero-order chi connectivity index (χ0) is 18.5. The van der Waals surface area contributed by atoms with Gasteiger partial charge in [0.25, 0.3) is 0 Å². The zero-order valence-electron chi connectivity index (χ0n) is 16.8. The van der Waals surface area contributed by atoms with E-state index in [0.29, 0.717) is 0 Å². The lowest BCUT2D eigenvalue weighted by Gasteiger charge is -2.23. The summed E-state index contributed by atoms with van der Waals surface area (Å²) in [4.78, 5) is 9.95. The minimum atomic E-state index is 0. The average molecular weight is 497 g/mol. The van der Waals surface area contributed by atoms with Crippen LogP contribution in [0.4, 0.5) is 0 Å². The monoisotopic (exact) mass is 497 g/mol. The summed E-state index contributed by atoms with van der Waals surface area (Å²) in [5, 5.41) is 12.0. The number of pyridine rings is 1. The summed E-state index contributed by atoms with van der Waals surface area (Å²) >= 11 is 0. The van der Waals surface area contributed by atoms with Crippen LogP contribution >= 0.6 is 24.0 Å². The Hall–Kier alpha value is -1.42. The molecular weight excluding hydrogens is 465 g/mol. The van der Waals surface area contributed by atoms with Crippen LogP contribution in [0.1, 0.15) is 32.0 Å². The maximum absolute atomic E-state index is 4.88. The fourth-order valence-corrected chi connectivity index (χ4v) is 4.25. The molecule has 7 nitrogen and oxygen atoms in total. The van der Waals surface area contributed by atoms with Crippen molar-refractivity contribution in [1.82, 2.24) is 29.7 Å². The van der Waals surface area contributed by atoms with Crippen LogP contribution in [-0.2, 0) is 6.42 Å². The minimum Gasteiger partial charge on any atom is -0.357 e. The van der Waals surface area contributed by atoms with Gasteiger partial charge in [0.05, 0.1) is 0 Å². The molecule has 2 saturated heterocycles. The van der Waals surface area contributed by atoms with Gasteiger partial charge >= 0.3 is 0 Å². The fraction of sp³-hybridized carbons (Fsp3) is 0.650. The number of aromatic nitrogens is 3. The second-order valence-electron chi connectivity index (χ2n) is 7.64. The molecule has 0 radical (unpaired) electrons. The van der Waals surface area contributed by atoms with E-state index >= 15 is 0 Å². The number of rotatable bonds is 6. The van der Waals surface area contributed by atoms with Crippen LogP contribution in [0.15, 0.2) is 29.4 Å². The number of hydrogen-bond acceptors (Lipinski definition) is 4. The normalized spacial score (nSPS) is 20.7. The molecule has 1 N–H and O–H groups in total. The van der Waals surface area contributed by atoms with Gasteiger partial charge in [-0.25, -0.2) is 0 Å². The van der Waals surface area contributed by atoms with Crippen LogP contribution < -0.4 is 5.32 Å². The van der Waals surface area contributed by atoms with Crippen molar-refractivity contribution in [3.63, 3.8) is 0 Å². The molecule has 28 heavy (non-hydrogen) atoms. The Labute approximate surface area is 184 Å². The molecule has 2 aliphatic rings. The largest absolute Gasteiger partial charge is 0.357 e. The fourth-order valence-electron chi connectivity index (χ4n) is 4.25. The highest BCUT2D eigenvalue weighted by molar-refractivity contribution is 14.0. The van der Waals surface area contributed by atoms with Crippen LogP contribution in [-0.4, -0.2) is 76.2 Å². The molecule has 0 spiro atoms. The average Bonchev–Trinajstić information content (AvgIpc) is 3.43. The van der Waals surface area contributed by atoms with E-state index in [-0.39, 0.29) is 24.0 Å². The SMILES string of the molecule is CCNC(=NCCc1nnc2ccccn12)N1CCC(CN2CCCC2)C1.I. The van der Waals surface area contributed by atoms with E-state index in [1.807, 2.05) is 28.8 Å². The van der Waals surface area contributed by atoms with E-state index in [4.69, 9.17) is 4.99 Å². The summed E-state index contributed by atoms with van der Waals surface area (Å²) in [6.07, 6.45) is 6.83. The zero-order valence-corrected chi connectivity index (χ0v) is 19.1. The molecule has 154 valence electrons. The van der Waals surface area contributed by atoms with Crippen LogP contribution in [0.25, 0.3) is 5.65 Å². The predicted octanol–water partition coefficient (Wildman–Crippen LogP) is 2.27. The Bertz CT molecular complexity index is 769. The van der Waals surface area contributed by atoms with Crippen molar-refractivity contribution >= 4 is 35.6 Å². The summed E-state index contributed by atoms with van der Waals surface area (Å²) in [6, 6.07) is 5.98. The van der Waals surface area contributed by atoms with Gasteiger partial charge in [-0.15, -0.1) is 34.2 Å². The number of aliphatic imine (C=N–C) groups is 1. The molecule has 4 rings (SSSR count). The van der Waals surface area contributed by atoms with Crippen LogP contribution in [0.2, 0.25) is 0 Å². The third-order valence-corrected chi connectivity index (χ3v) is 5.62. The lowest BCUT2D eigenvalue weighted by Crippen LogP contribution is -2.41. The van der Waals surface area contributed by atoms with E-state index in [1.54, 1.807) is 0 Å². The van der Waals surface area contributed by atoms with Gasteiger partial charge in [0.1, 0.15) is 5.82 Å². The molecule has 8 heteroatoms. The van der Waals surface area contributed by atoms with Gasteiger partial charge in [0.15, 0.2) is 11.6 Å². The smallest absolute Gasteiger partial charge is 0.193 e. The second-order valence-corrected chi connectivity index (χ2v) is 7.64. The van der Waals surface area contributed by atoms with Crippen molar-refractivity contribution in [2.24, 2.45) is 10.9 Å². The summed E-state index contributed by atoms with van der Waals surface area (Å²) in [6.45, 7) is 9.83. The summed E-state index contributed by atoms with van der Waals surface area (Å²) in [7, 11) is 0. The lowest BCUT2D eigenvalue weighted by molar-refractivity contribution is 0.281. The minimum absolute atomic E-state index is 0. The van der Waals surface area contributed by atoms with Crippen LogP contribution in [0, 0.1) is 5.92 Å². The van der Waals surface area contributed by atoms with Gasteiger partial charge in [0.2, 0.25) is 0 Å². The second kappa shape index (κ2) is 10.4. The molecule has 1 unspecified atom stereocenters. The Morgan fingerprint density at radius 3 is 2.89 bits per heavy atom. The molecule has 2 fully saturated rings. The van der Waals surface area contributed by atoms with E-state index in [9.17, 15) is 0 Å². The molecule has 2 aromatic heterocycles. The summed E-state index contributed by atoms with van der Waals surface area (Å²) in [5.41, 5.74) is 0.896. The molecular formula is C20H32IN7. The molecule has 2 aliphatic heterocycles. The molecule has 2 aromatic rings. The highest BCUT2D eigenvalue weighted by atomic mass is 127. The first kappa shape index (κ1) is 21.3. The van der Waals surface area contributed by atoms with Crippen molar-refractivity contribution in [3.05, 3.63) is 30.2 Å². The number of guanidine groups is 1. The number of fused-ring (bicyclic) bond motifs is 1. The first-order valence-corrected chi connectivity index (χ1v) is 10.4. The van der Waals surface area contributed by atoms with Crippen molar-refractivity contribution in [3.8, 4) is 0 Å². The maximum Gasteiger partial charge on any atom is 0.193 e. The third-order valence-electron chi connectivity index (χ3n) is 5.62. The Balaban J connectivity index is 0.00000225. The topological polar surface area (TPSA) is 61.1 Å². The van der Waals surface area contributed by atoms with Crippen molar-refractivity contribution < 1.29 is 0 Å². The third kappa shape index (κ3) is 5.14. The highest BCUT2D eigenvalue weighted by Crippen LogP contribution is 2.20. The van der Waals surface area contributed by atoms with Gasteiger partial charge in [-0.3, -0.25) is 9.39 Å². The van der Waals surface area contributed by atoms with Crippen molar-refractivity contribution in [1.29, 1.82) is 0 Å². The van der Waals surface area contributed by atoms with E-state index in [2.05, 4.69) is 32.2 Å². The van der Waals surface area contributed by atoms with E-state index in [1.165, 1.54) is 38.9 Å². The quantitative estimate of drug-likeness (QED) is 0.377. The van der Waals surface area contributed by atoms with Gasteiger partial charge in [0, 0.05) is 45.3 Å². The number of hydrogen-bond donors (Lipinski definition) is 1. The summed E-state index contributed by atoms with van der Waals surface area (Å²) in [5.74, 6) is 2.79. The number of likely N-dealkylation sites (tertiary alicyclic amines) is 2. The Morgan fingerprint density at radius 2 is 2.07 bits per heavy atom. The Morgan fingerprint density at radius 1 is 1.21 bits per heavy atom. The van der Waals surface area contributed by atoms with Gasteiger partial charge in [-0.1, -0.05) is 6.07 Å². The first-order chi connectivity index (χ1) is 13.3. The van der Waals surface area contributed by atoms with Crippen LogP contribution in [0.3, 0.4) is 0 Å².